The molecule has 2 nitrogen and oxygen atoms in total. The Labute approximate surface area is 99.2 Å². The van der Waals surface area contributed by atoms with Crippen molar-refractivity contribution in [2.45, 2.75) is 18.3 Å². The Morgan fingerprint density at radius 3 is 2.44 bits per heavy atom. The summed E-state index contributed by atoms with van der Waals surface area (Å²) in [6, 6.07) is 7.38. The second-order valence-corrected chi connectivity index (χ2v) is 4.17. The van der Waals surface area contributed by atoms with E-state index >= 15 is 0 Å². The van der Waals surface area contributed by atoms with Crippen LogP contribution in [0.5, 0.6) is 0 Å². The van der Waals surface area contributed by atoms with Crippen molar-refractivity contribution in [3.05, 3.63) is 35.4 Å². The SMILES string of the molecule is O=C(O)C1(c2ccc(C#CCCl)cc2)CC1. The number of carbonyl (C=O) groups is 1. The Morgan fingerprint density at radius 2 is 2.00 bits per heavy atom. The molecule has 1 fully saturated rings. The summed E-state index contributed by atoms with van der Waals surface area (Å²) in [7, 11) is 0. The molecule has 82 valence electrons. The second-order valence-electron chi connectivity index (χ2n) is 3.90. The highest BCUT2D eigenvalue weighted by molar-refractivity contribution is 6.19. The Kier molecular flexibility index (Phi) is 2.89. The summed E-state index contributed by atoms with van der Waals surface area (Å²) in [5.74, 6) is 5.23. The van der Waals surface area contributed by atoms with Crippen molar-refractivity contribution in [1.82, 2.24) is 0 Å². The molecule has 1 aliphatic rings. The molecule has 16 heavy (non-hydrogen) atoms. The number of alkyl halides is 1. The molecule has 0 spiro atoms. The fraction of sp³-hybridized carbons (Fsp3) is 0.308. The lowest BCUT2D eigenvalue weighted by Gasteiger charge is -2.09. The van der Waals surface area contributed by atoms with Gasteiger partial charge in [0.25, 0.3) is 0 Å². The molecular formula is C13H11ClO2. The van der Waals surface area contributed by atoms with Crippen molar-refractivity contribution in [3.8, 4) is 11.8 Å². The molecule has 2 rings (SSSR count). The third-order valence-electron chi connectivity index (χ3n) is 2.90. The first-order valence-electron chi connectivity index (χ1n) is 5.08. The predicted molar refractivity (Wildman–Crippen MR) is 62.6 cm³/mol. The van der Waals surface area contributed by atoms with E-state index in [4.69, 9.17) is 16.7 Å². The molecular weight excluding hydrogens is 224 g/mol. The highest BCUT2D eigenvalue weighted by Gasteiger charge is 2.51. The maximum atomic E-state index is 11.1. The zero-order valence-electron chi connectivity index (χ0n) is 8.66. The lowest BCUT2D eigenvalue weighted by Crippen LogP contribution is -2.19. The van der Waals surface area contributed by atoms with Crippen LogP contribution in [0.25, 0.3) is 0 Å². The number of hydrogen-bond donors (Lipinski definition) is 1. The van der Waals surface area contributed by atoms with Gasteiger partial charge in [-0.25, -0.2) is 0 Å². The van der Waals surface area contributed by atoms with Crippen LogP contribution in [0.3, 0.4) is 0 Å². The van der Waals surface area contributed by atoms with E-state index in [9.17, 15) is 4.79 Å². The van der Waals surface area contributed by atoms with E-state index in [2.05, 4.69) is 11.8 Å². The molecule has 1 aliphatic carbocycles. The largest absolute Gasteiger partial charge is 0.481 e. The molecule has 1 aromatic carbocycles. The van der Waals surface area contributed by atoms with Gasteiger partial charge in [0.05, 0.1) is 11.3 Å². The van der Waals surface area contributed by atoms with Crippen molar-refractivity contribution in [2.24, 2.45) is 0 Å². The highest BCUT2D eigenvalue weighted by Crippen LogP contribution is 2.48. The van der Waals surface area contributed by atoms with E-state index in [0.717, 1.165) is 24.0 Å². The molecule has 1 saturated carbocycles. The van der Waals surface area contributed by atoms with Crippen LogP contribution in [0.15, 0.2) is 24.3 Å². The van der Waals surface area contributed by atoms with E-state index in [1.165, 1.54) is 0 Å². The second kappa shape index (κ2) is 4.19. The van der Waals surface area contributed by atoms with Crippen LogP contribution in [-0.2, 0) is 10.2 Å². The molecule has 0 unspecified atom stereocenters. The van der Waals surface area contributed by atoms with Gasteiger partial charge in [0.2, 0.25) is 0 Å². The van der Waals surface area contributed by atoms with E-state index in [-0.39, 0.29) is 0 Å². The molecule has 0 radical (unpaired) electrons. The van der Waals surface area contributed by atoms with Crippen LogP contribution in [0.4, 0.5) is 0 Å². The zero-order valence-corrected chi connectivity index (χ0v) is 9.42. The van der Waals surface area contributed by atoms with Crippen molar-refractivity contribution in [1.29, 1.82) is 0 Å². The Morgan fingerprint density at radius 1 is 1.38 bits per heavy atom. The fourth-order valence-corrected chi connectivity index (χ4v) is 1.83. The van der Waals surface area contributed by atoms with Gasteiger partial charge in [0.15, 0.2) is 0 Å². The van der Waals surface area contributed by atoms with Crippen LogP contribution in [0, 0.1) is 11.8 Å². The minimum Gasteiger partial charge on any atom is -0.481 e. The topological polar surface area (TPSA) is 37.3 Å². The zero-order chi connectivity index (χ0) is 11.6. The molecule has 0 saturated heterocycles. The minimum atomic E-state index is -0.730. The molecule has 3 heteroatoms. The quantitative estimate of drug-likeness (QED) is 0.630. The van der Waals surface area contributed by atoms with Crippen LogP contribution in [0.2, 0.25) is 0 Å². The van der Waals surface area contributed by atoms with Crippen molar-refractivity contribution >= 4 is 17.6 Å². The summed E-state index contributed by atoms with van der Waals surface area (Å²) in [5, 5.41) is 9.12. The van der Waals surface area contributed by atoms with E-state index in [0.29, 0.717) is 5.88 Å². The number of carboxylic acids is 1. The molecule has 0 atom stereocenters. The average molecular weight is 235 g/mol. The molecule has 0 aliphatic heterocycles. The van der Waals surface area contributed by atoms with Crippen LogP contribution in [0.1, 0.15) is 24.0 Å². The van der Waals surface area contributed by atoms with Crippen molar-refractivity contribution < 1.29 is 9.90 Å². The van der Waals surface area contributed by atoms with Crippen LogP contribution < -0.4 is 0 Å². The number of carboxylic acid groups (broad SMARTS) is 1. The molecule has 1 N–H and O–H groups in total. The third kappa shape index (κ3) is 1.91. The van der Waals surface area contributed by atoms with E-state index in [1.54, 1.807) is 0 Å². The summed E-state index contributed by atoms with van der Waals surface area (Å²) < 4.78 is 0. The molecule has 0 heterocycles. The highest BCUT2D eigenvalue weighted by atomic mass is 35.5. The minimum absolute atomic E-state index is 0.306. The number of halogens is 1. The fourth-order valence-electron chi connectivity index (χ4n) is 1.76. The molecule has 1 aromatic rings. The third-order valence-corrected chi connectivity index (χ3v) is 3.03. The number of benzene rings is 1. The lowest BCUT2D eigenvalue weighted by atomic mass is 9.95. The molecule has 0 aromatic heterocycles. The first kappa shape index (κ1) is 11.0. The first-order valence-corrected chi connectivity index (χ1v) is 5.61. The predicted octanol–water partition coefficient (Wildman–Crippen LogP) is 2.39. The van der Waals surface area contributed by atoms with Gasteiger partial charge < -0.3 is 5.11 Å². The number of rotatable bonds is 2. The summed E-state index contributed by atoms with van der Waals surface area (Å²) in [5.41, 5.74) is 1.11. The smallest absolute Gasteiger partial charge is 0.314 e. The number of aliphatic carboxylic acids is 1. The first-order chi connectivity index (χ1) is 7.69. The molecule has 0 bridgehead atoms. The van der Waals surface area contributed by atoms with E-state index < -0.39 is 11.4 Å². The summed E-state index contributed by atoms with van der Waals surface area (Å²) in [6.07, 6.45) is 1.46. The van der Waals surface area contributed by atoms with E-state index in [1.807, 2.05) is 24.3 Å². The maximum absolute atomic E-state index is 11.1. The van der Waals surface area contributed by atoms with Crippen LogP contribution >= 0.6 is 11.6 Å². The monoisotopic (exact) mass is 234 g/mol. The van der Waals surface area contributed by atoms with Gasteiger partial charge in [-0.05, 0) is 30.5 Å². The Bertz CT molecular complexity index is 461. The van der Waals surface area contributed by atoms with Gasteiger partial charge in [-0.15, -0.1) is 11.6 Å². The average Bonchev–Trinajstić information content (AvgIpc) is 3.08. The lowest BCUT2D eigenvalue weighted by molar-refractivity contribution is -0.140. The van der Waals surface area contributed by atoms with Crippen molar-refractivity contribution in [3.63, 3.8) is 0 Å². The molecule has 0 amide bonds. The summed E-state index contributed by atoms with van der Waals surface area (Å²) in [6.45, 7) is 0. The standard InChI is InChI=1S/C13H11ClO2/c14-9-1-2-10-3-5-11(6-4-10)13(7-8-13)12(15)16/h3-6H,7-9H2,(H,15,16). The van der Waals surface area contributed by atoms with Gasteiger partial charge in [0, 0.05) is 5.56 Å². The Hall–Kier alpha value is -1.46. The van der Waals surface area contributed by atoms with Crippen molar-refractivity contribution in [2.75, 3.05) is 5.88 Å². The summed E-state index contributed by atoms with van der Waals surface area (Å²) >= 11 is 5.46. The van der Waals surface area contributed by atoms with Gasteiger partial charge in [-0.2, -0.15) is 0 Å². The maximum Gasteiger partial charge on any atom is 0.314 e. The Balaban J connectivity index is 2.23. The summed E-state index contributed by atoms with van der Waals surface area (Å²) in [4.78, 5) is 11.1. The number of hydrogen-bond acceptors (Lipinski definition) is 1. The van der Waals surface area contributed by atoms with Gasteiger partial charge in [-0.3, -0.25) is 4.79 Å². The van der Waals surface area contributed by atoms with Gasteiger partial charge in [0.1, 0.15) is 0 Å². The van der Waals surface area contributed by atoms with Gasteiger partial charge in [-0.1, -0.05) is 24.0 Å². The van der Waals surface area contributed by atoms with Gasteiger partial charge >= 0.3 is 5.97 Å². The normalized spacial score (nSPS) is 16.1. The van der Waals surface area contributed by atoms with Crippen LogP contribution in [-0.4, -0.2) is 17.0 Å².